The zero-order valence-corrected chi connectivity index (χ0v) is 25.7. The number of hydrazine groups is 1. The van der Waals surface area contributed by atoms with E-state index in [-0.39, 0.29) is 17.6 Å². The number of alkyl halides is 3. The van der Waals surface area contributed by atoms with Crippen LogP contribution in [0.25, 0.3) is 11.1 Å². The Hall–Kier alpha value is -4.84. The summed E-state index contributed by atoms with van der Waals surface area (Å²) in [6, 6.07) is 15.9. The van der Waals surface area contributed by atoms with Crippen LogP contribution in [0.2, 0.25) is 0 Å². The molecular weight excluding hydrogens is 601 g/mol. The average molecular weight is 635 g/mol. The summed E-state index contributed by atoms with van der Waals surface area (Å²) in [5, 5.41) is 4.20. The highest BCUT2D eigenvalue weighted by atomic mass is 19.4. The topological polar surface area (TPSA) is 106 Å². The minimum atomic E-state index is -4.56. The number of hydrogen-bond acceptors (Lipinski definition) is 8. The van der Waals surface area contributed by atoms with Gasteiger partial charge in [-0.2, -0.15) is 13.2 Å². The summed E-state index contributed by atoms with van der Waals surface area (Å²) in [5.41, 5.74) is 5.11. The van der Waals surface area contributed by atoms with Gasteiger partial charge < -0.3 is 19.2 Å². The smallest absolute Gasteiger partial charge is 0.409 e. The van der Waals surface area contributed by atoms with Gasteiger partial charge in [0.25, 0.3) is 5.91 Å². The SMILES string of the molecule is Cc1nc2ccc(NC(=O)c3cccc(N4NC(C(F)(F)F)C5=C4C(Oc4ccc(C(=O)OC(C)(C)C)cc4)CCC5)c3)cc2o1. The number of carbonyl (C=O) groups excluding carboxylic acids is 2. The van der Waals surface area contributed by atoms with Crippen LogP contribution in [0.4, 0.5) is 24.5 Å². The number of nitrogens with one attached hydrogen (secondary N) is 2. The number of aryl methyl sites for hydroxylation is 1. The fraction of sp³-hybridized carbons (Fsp3) is 0.324. The summed E-state index contributed by atoms with van der Waals surface area (Å²) in [7, 11) is 0. The van der Waals surface area contributed by atoms with Gasteiger partial charge in [0.05, 0.1) is 16.9 Å². The molecule has 1 amide bonds. The van der Waals surface area contributed by atoms with Crippen molar-refractivity contribution in [3.05, 3.63) is 95.0 Å². The standard InChI is InChI=1S/C34H33F3N4O5/c1-19-38-26-16-13-22(18-28(26)44-19)39-31(42)21-7-5-8-23(17-21)41-29-25(30(40-41)34(35,36)37)9-6-10-27(29)45-24-14-11-20(12-15-24)32(43)46-33(2,3)4/h5,7-8,11-18,27,30,40H,6,9-10H2,1-4H3,(H,39,42). The van der Waals surface area contributed by atoms with Gasteiger partial charge in [0.1, 0.15) is 29.0 Å². The number of esters is 1. The lowest BCUT2D eigenvalue weighted by molar-refractivity contribution is -0.145. The van der Waals surface area contributed by atoms with E-state index in [1.165, 1.54) is 11.1 Å². The summed E-state index contributed by atoms with van der Waals surface area (Å²) < 4.78 is 60.1. The lowest BCUT2D eigenvalue weighted by atomic mass is 9.90. The summed E-state index contributed by atoms with van der Waals surface area (Å²) in [6.45, 7) is 7.04. The van der Waals surface area contributed by atoms with E-state index in [2.05, 4.69) is 15.7 Å². The van der Waals surface area contributed by atoms with Crippen molar-refractivity contribution in [3.8, 4) is 5.75 Å². The van der Waals surface area contributed by atoms with Crippen molar-refractivity contribution in [3.63, 3.8) is 0 Å². The highest BCUT2D eigenvalue weighted by molar-refractivity contribution is 6.05. The molecule has 240 valence electrons. The number of carbonyl (C=O) groups is 2. The Morgan fingerprint density at radius 1 is 1.02 bits per heavy atom. The summed E-state index contributed by atoms with van der Waals surface area (Å²) in [6.07, 6.45) is -4.06. The molecule has 9 nitrogen and oxygen atoms in total. The van der Waals surface area contributed by atoms with Crippen LogP contribution in [0, 0.1) is 6.92 Å². The second kappa shape index (κ2) is 11.8. The van der Waals surface area contributed by atoms with Crippen molar-refractivity contribution in [1.29, 1.82) is 0 Å². The number of rotatable bonds is 6. The van der Waals surface area contributed by atoms with Gasteiger partial charge in [-0.15, -0.1) is 0 Å². The van der Waals surface area contributed by atoms with E-state index >= 15 is 0 Å². The van der Waals surface area contributed by atoms with E-state index in [9.17, 15) is 22.8 Å². The lowest BCUT2D eigenvalue weighted by Gasteiger charge is -2.31. The largest absolute Gasteiger partial charge is 0.484 e. The first-order valence-corrected chi connectivity index (χ1v) is 14.9. The van der Waals surface area contributed by atoms with Gasteiger partial charge in [0.2, 0.25) is 0 Å². The summed E-state index contributed by atoms with van der Waals surface area (Å²) in [5.74, 6) is -0.0374. The van der Waals surface area contributed by atoms with Gasteiger partial charge in [-0.3, -0.25) is 9.80 Å². The van der Waals surface area contributed by atoms with E-state index in [0.717, 1.165) is 0 Å². The number of fused-ring (bicyclic) bond motifs is 1. The number of aromatic nitrogens is 1. The molecule has 12 heteroatoms. The van der Waals surface area contributed by atoms with Gasteiger partial charge >= 0.3 is 12.1 Å². The number of nitrogens with zero attached hydrogens (tertiary/aromatic N) is 2. The minimum absolute atomic E-state index is 0.194. The molecule has 6 rings (SSSR count). The van der Waals surface area contributed by atoms with E-state index in [0.29, 0.717) is 58.2 Å². The van der Waals surface area contributed by atoms with Crippen molar-refractivity contribution >= 4 is 34.4 Å². The Kier molecular flexibility index (Phi) is 8.01. The highest BCUT2D eigenvalue weighted by Crippen LogP contribution is 2.43. The predicted molar refractivity (Wildman–Crippen MR) is 166 cm³/mol. The number of oxazole rings is 1. The monoisotopic (exact) mass is 634 g/mol. The molecule has 1 aliphatic heterocycles. The van der Waals surface area contributed by atoms with Gasteiger partial charge in [0, 0.05) is 24.2 Å². The van der Waals surface area contributed by atoms with Crippen LogP contribution >= 0.6 is 0 Å². The Balaban J connectivity index is 1.26. The van der Waals surface area contributed by atoms with Crippen LogP contribution in [0.5, 0.6) is 5.75 Å². The number of ether oxygens (including phenoxy) is 2. The molecule has 1 aromatic heterocycles. The van der Waals surface area contributed by atoms with E-state index < -0.39 is 35.8 Å². The molecule has 0 bridgehead atoms. The van der Waals surface area contributed by atoms with Crippen molar-refractivity contribution < 1.29 is 36.7 Å². The zero-order chi connectivity index (χ0) is 32.8. The molecule has 2 aliphatic rings. The fourth-order valence-electron chi connectivity index (χ4n) is 5.68. The maximum atomic E-state index is 14.3. The molecule has 3 aromatic carbocycles. The van der Waals surface area contributed by atoms with E-state index in [1.54, 1.807) is 88.4 Å². The third-order valence-electron chi connectivity index (χ3n) is 7.61. The lowest BCUT2D eigenvalue weighted by Crippen LogP contribution is -2.46. The van der Waals surface area contributed by atoms with Crippen LogP contribution < -0.4 is 20.5 Å². The number of halogens is 3. The van der Waals surface area contributed by atoms with Gasteiger partial charge in [-0.25, -0.2) is 15.2 Å². The molecule has 0 fully saturated rings. The first kappa shape index (κ1) is 31.2. The maximum absolute atomic E-state index is 14.3. The molecule has 4 aromatic rings. The number of anilines is 2. The van der Waals surface area contributed by atoms with Crippen molar-refractivity contribution in [2.45, 2.75) is 70.9 Å². The number of amides is 1. The Labute approximate surface area is 263 Å². The maximum Gasteiger partial charge on any atom is 0.409 e. The first-order chi connectivity index (χ1) is 21.7. The van der Waals surface area contributed by atoms with Crippen molar-refractivity contribution in [2.75, 3.05) is 10.3 Å². The molecule has 0 spiro atoms. The molecule has 2 N–H and O–H groups in total. The van der Waals surface area contributed by atoms with Crippen LogP contribution in [-0.4, -0.2) is 40.8 Å². The van der Waals surface area contributed by atoms with Crippen LogP contribution in [0.3, 0.4) is 0 Å². The second-order valence-corrected chi connectivity index (χ2v) is 12.3. The molecule has 46 heavy (non-hydrogen) atoms. The normalized spacial score (nSPS) is 18.5. The Morgan fingerprint density at radius 3 is 2.50 bits per heavy atom. The third kappa shape index (κ3) is 6.57. The highest BCUT2D eigenvalue weighted by Gasteiger charge is 2.51. The molecule has 0 radical (unpaired) electrons. The van der Waals surface area contributed by atoms with Crippen LogP contribution in [0.1, 0.15) is 66.6 Å². The van der Waals surface area contributed by atoms with Gasteiger partial charge in [-0.05, 0) is 100 Å². The van der Waals surface area contributed by atoms with E-state index in [4.69, 9.17) is 13.9 Å². The predicted octanol–water partition coefficient (Wildman–Crippen LogP) is 7.48. The molecule has 2 heterocycles. The summed E-state index contributed by atoms with van der Waals surface area (Å²) in [4.78, 5) is 29.9. The summed E-state index contributed by atoms with van der Waals surface area (Å²) >= 11 is 0. The van der Waals surface area contributed by atoms with Gasteiger partial charge in [-0.1, -0.05) is 6.07 Å². The van der Waals surface area contributed by atoms with Gasteiger partial charge in [0.15, 0.2) is 11.5 Å². The Bertz CT molecular complexity index is 1830. The average Bonchev–Trinajstić information content (AvgIpc) is 3.57. The molecule has 0 saturated heterocycles. The number of benzene rings is 3. The first-order valence-electron chi connectivity index (χ1n) is 14.9. The van der Waals surface area contributed by atoms with Crippen LogP contribution in [-0.2, 0) is 4.74 Å². The fourth-order valence-corrected chi connectivity index (χ4v) is 5.68. The van der Waals surface area contributed by atoms with Crippen LogP contribution in [0.15, 0.2) is 82.4 Å². The third-order valence-corrected chi connectivity index (χ3v) is 7.61. The Morgan fingerprint density at radius 2 is 1.78 bits per heavy atom. The molecule has 1 aliphatic carbocycles. The number of hydrogen-bond donors (Lipinski definition) is 2. The van der Waals surface area contributed by atoms with Crippen molar-refractivity contribution in [2.24, 2.45) is 0 Å². The molecule has 0 saturated carbocycles. The van der Waals surface area contributed by atoms with Crippen molar-refractivity contribution in [1.82, 2.24) is 10.4 Å². The molecule has 2 unspecified atom stereocenters. The quantitative estimate of drug-likeness (QED) is 0.210. The second-order valence-electron chi connectivity index (χ2n) is 12.3. The minimum Gasteiger partial charge on any atom is -0.484 e. The van der Waals surface area contributed by atoms with E-state index in [1.807, 2.05) is 0 Å². The zero-order valence-electron chi connectivity index (χ0n) is 25.7. The molecule has 2 atom stereocenters. The molecular formula is C34H33F3N4O5.